The summed E-state index contributed by atoms with van der Waals surface area (Å²) in [5, 5.41) is 6.37. The van der Waals surface area contributed by atoms with E-state index in [1.807, 2.05) is 25.2 Å². The van der Waals surface area contributed by atoms with E-state index in [1.165, 1.54) is 12.8 Å². The van der Waals surface area contributed by atoms with Crippen molar-refractivity contribution < 1.29 is 9.53 Å². The standard InChI is InChI=1S/C17H25N3O2.2ClH/c1-20-10-11-22-16-4-3-14(12-15(16)20)19-17(21)5-2-13-6-8-18-9-7-13;;/h3-4,12-13,18H,2,5-11H2,1H3,(H,19,21);2*1H. The summed E-state index contributed by atoms with van der Waals surface area (Å²) in [4.78, 5) is 14.3. The van der Waals surface area contributed by atoms with Crippen LogP contribution in [0.1, 0.15) is 25.7 Å². The minimum atomic E-state index is 0. The quantitative estimate of drug-likeness (QED) is 0.848. The van der Waals surface area contributed by atoms with Crippen LogP contribution in [0.15, 0.2) is 18.2 Å². The molecule has 0 bridgehead atoms. The van der Waals surface area contributed by atoms with Gasteiger partial charge in [0.1, 0.15) is 12.4 Å². The van der Waals surface area contributed by atoms with E-state index in [0.717, 1.165) is 43.2 Å². The molecule has 2 heterocycles. The predicted octanol–water partition coefficient (Wildman–Crippen LogP) is 3.08. The average molecular weight is 376 g/mol. The smallest absolute Gasteiger partial charge is 0.224 e. The molecule has 0 saturated carbocycles. The van der Waals surface area contributed by atoms with Gasteiger partial charge in [-0.3, -0.25) is 4.79 Å². The van der Waals surface area contributed by atoms with Crippen LogP contribution < -0.4 is 20.3 Å². The van der Waals surface area contributed by atoms with Gasteiger partial charge in [0, 0.05) is 19.2 Å². The maximum absolute atomic E-state index is 12.1. The first-order chi connectivity index (χ1) is 10.7. The Morgan fingerprint density at radius 2 is 2.08 bits per heavy atom. The number of ether oxygens (including phenoxy) is 1. The number of carbonyl (C=O) groups excluding carboxylic acids is 1. The predicted molar refractivity (Wildman–Crippen MR) is 103 cm³/mol. The van der Waals surface area contributed by atoms with Crippen LogP contribution in [0.5, 0.6) is 5.75 Å². The van der Waals surface area contributed by atoms with E-state index >= 15 is 0 Å². The summed E-state index contributed by atoms with van der Waals surface area (Å²) < 4.78 is 5.62. The lowest BCUT2D eigenvalue weighted by atomic mass is 9.93. The maximum atomic E-state index is 12.1. The van der Waals surface area contributed by atoms with Crippen molar-refractivity contribution in [2.45, 2.75) is 25.7 Å². The lowest BCUT2D eigenvalue weighted by Crippen LogP contribution is -2.29. The van der Waals surface area contributed by atoms with E-state index in [9.17, 15) is 4.79 Å². The van der Waals surface area contributed by atoms with Crippen molar-refractivity contribution in [3.63, 3.8) is 0 Å². The second-order valence-electron chi connectivity index (χ2n) is 6.23. The fraction of sp³-hybridized carbons (Fsp3) is 0.588. The molecule has 0 radical (unpaired) electrons. The number of nitrogens with one attached hydrogen (secondary N) is 2. The van der Waals surface area contributed by atoms with Gasteiger partial charge < -0.3 is 20.3 Å². The van der Waals surface area contributed by atoms with Crippen molar-refractivity contribution in [3.05, 3.63) is 18.2 Å². The van der Waals surface area contributed by atoms with Crippen LogP contribution in [0.2, 0.25) is 0 Å². The SMILES string of the molecule is CN1CCOc2ccc(NC(=O)CCC3CCNCC3)cc21.Cl.Cl. The van der Waals surface area contributed by atoms with Gasteiger partial charge in [0.25, 0.3) is 0 Å². The highest BCUT2D eigenvalue weighted by atomic mass is 35.5. The number of halogens is 2. The molecule has 1 amide bonds. The Bertz CT molecular complexity index is 537. The highest BCUT2D eigenvalue weighted by molar-refractivity contribution is 5.91. The molecule has 1 saturated heterocycles. The largest absolute Gasteiger partial charge is 0.490 e. The molecule has 1 fully saturated rings. The minimum absolute atomic E-state index is 0. The van der Waals surface area contributed by atoms with Crippen molar-refractivity contribution in [2.24, 2.45) is 5.92 Å². The van der Waals surface area contributed by atoms with Gasteiger partial charge in [0.05, 0.1) is 12.2 Å². The average Bonchev–Trinajstić information content (AvgIpc) is 2.55. The van der Waals surface area contributed by atoms with Gasteiger partial charge in [-0.25, -0.2) is 0 Å². The molecule has 1 aromatic rings. The van der Waals surface area contributed by atoms with Crippen LogP contribution in [-0.4, -0.2) is 39.2 Å². The number of carbonyl (C=O) groups is 1. The van der Waals surface area contributed by atoms with Crippen molar-refractivity contribution in [1.29, 1.82) is 0 Å². The number of amides is 1. The monoisotopic (exact) mass is 375 g/mol. The number of fused-ring (bicyclic) bond motifs is 1. The number of anilines is 2. The molecule has 2 aliphatic heterocycles. The summed E-state index contributed by atoms with van der Waals surface area (Å²) in [5.41, 5.74) is 1.90. The summed E-state index contributed by atoms with van der Waals surface area (Å²) >= 11 is 0. The Morgan fingerprint density at radius 1 is 1.33 bits per heavy atom. The minimum Gasteiger partial charge on any atom is -0.490 e. The molecule has 0 spiro atoms. The Hall–Kier alpha value is -1.17. The van der Waals surface area contributed by atoms with Gasteiger partial charge >= 0.3 is 0 Å². The number of hydrogen-bond acceptors (Lipinski definition) is 4. The number of hydrogen-bond donors (Lipinski definition) is 2. The van der Waals surface area contributed by atoms with Crippen LogP contribution in [0.4, 0.5) is 11.4 Å². The molecule has 0 atom stereocenters. The fourth-order valence-electron chi connectivity index (χ4n) is 3.16. The molecule has 136 valence electrons. The van der Waals surface area contributed by atoms with E-state index in [2.05, 4.69) is 15.5 Å². The summed E-state index contributed by atoms with van der Waals surface area (Å²) in [6.45, 7) is 3.76. The summed E-state index contributed by atoms with van der Waals surface area (Å²) in [5.74, 6) is 1.69. The zero-order valence-electron chi connectivity index (χ0n) is 14.0. The van der Waals surface area contributed by atoms with E-state index in [-0.39, 0.29) is 30.7 Å². The first-order valence-corrected chi connectivity index (χ1v) is 8.21. The van der Waals surface area contributed by atoms with Gasteiger partial charge in [-0.05, 0) is 56.5 Å². The number of benzene rings is 1. The number of piperidine rings is 1. The molecule has 3 rings (SSSR count). The third kappa shape index (κ3) is 5.43. The maximum Gasteiger partial charge on any atom is 0.224 e. The molecular formula is C17H27Cl2N3O2. The highest BCUT2D eigenvalue weighted by Gasteiger charge is 2.17. The van der Waals surface area contributed by atoms with Crippen LogP contribution in [0.25, 0.3) is 0 Å². The summed E-state index contributed by atoms with van der Waals surface area (Å²) in [6.07, 6.45) is 3.97. The van der Waals surface area contributed by atoms with E-state index in [0.29, 0.717) is 18.9 Å². The molecule has 0 aliphatic carbocycles. The van der Waals surface area contributed by atoms with Gasteiger partial charge in [-0.1, -0.05) is 0 Å². The second-order valence-corrected chi connectivity index (χ2v) is 6.23. The fourth-order valence-corrected chi connectivity index (χ4v) is 3.16. The van der Waals surface area contributed by atoms with Crippen molar-refractivity contribution in [2.75, 3.05) is 43.5 Å². The van der Waals surface area contributed by atoms with Crippen LogP contribution in [0, 0.1) is 5.92 Å². The van der Waals surface area contributed by atoms with Crippen molar-refractivity contribution in [1.82, 2.24) is 5.32 Å². The van der Waals surface area contributed by atoms with E-state index in [4.69, 9.17) is 4.74 Å². The van der Waals surface area contributed by atoms with Crippen LogP contribution in [-0.2, 0) is 4.79 Å². The van der Waals surface area contributed by atoms with Gasteiger partial charge in [-0.2, -0.15) is 0 Å². The summed E-state index contributed by atoms with van der Waals surface area (Å²) in [6, 6.07) is 5.85. The van der Waals surface area contributed by atoms with Crippen molar-refractivity contribution in [3.8, 4) is 5.75 Å². The third-order valence-electron chi connectivity index (χ3n) is 4.58. The molecule has 24 heavy (non-hydrogen) atoms. The Morgan fingerprint density at radius 3 is 2.83 bits per heavy atom. The molecule has 0 aromatic heterocycles. The highest BCUT2D eigenvalue weighted by Crippen LogP contribution is 2.33. The van der Waals surface area contributed by atoms with Gasteiger partial charge in [0.2, 0.25) is 5.91 Å². The number of nitrogens with zero attached hydrogens (tertiary/aromatic N) is 1. The molecular weight excluding hydrogens is 349 g/mol. The molecule has 0 unspecified atom stereocenters. The van der Waals surface area contributed by atoms with Gasteiger partial charge in [0.15, 0.2) is 0 Å². The second kappa shape index (κ2) is 9.97. The summed E-state index contributed by atoms with van der Waals surface area (Å²) in [7, 11) is 2.05. The first kappa shape index (κ1) is 20.9. The van der Waals surface area contributed by atoms with Crippen LogP contribution >= 0.6 is 24.8 Å². The topological polar surface area (TPSA) is 53.6 Å². The normalized spacial score (nSPS) is 17.0. The number of likely N-dealkylation sites (N-methyl/N-ethyl adjacent to an activating group) is 1. The molecule has 1 aromatic carbocycles. The zero-order valence-corrected chi connectivity index (χ0v) is 15.7. The van der Waals surface area contributed by atoms with E-state index < -0.39 is 0 Å². The Balaban J connectivity index is 0.00000144. The molecule has 2 N–H and O–H groups in total. The molecule has 2 aliphatic rings. The lowest BCUT2D eigenvalue weighted by Gasteiger charge is -2.28. The lowest BCUT2D eigenvalue weighted by molar-refractivity contribution is -0.116. The van der Waals surface area contributed by atoms with Crippen molar-refractivity contribution >= 4 is 42.1 Å². The van der Waals surface area contributed by atoms with Crippen LogP contribution in [0.3, 0.4) is 0 Å². The Labute approximate surface area is 156 Å². The zero-order chi connectivity index (χ0) is 15.4. The van der Waals surface area contributed by atoms with Gasteiger partial charge in [-0.15, -0.1) is 24.8 Å². The van der Waals surface area contributed by atoms with E-state index in [1.54, 1.807) is 0 Å². The molecule has 7 heteroatoms. The third-order valence-corrected chi connectivity index (χ3v) is 4.58. The molecule has 5 nitrogen and oxygen atoms in total. The number of rotatable bonds is 4. The first-order valence-electron chi connectivity index (χ1n) is 8.21. The Kier molecular flexibility index (Phi) is 8.67.